The van der Waals surface area contributed by atoms with E-state index in [1.807, 2.05) is 0 Å². The highest BCUT2D eigenvalue weighted by molar-refractivity contribution is 5.75. The molecule has 1 unspecified atom stereocenters. The summed E-state index contributed by atoms with van der Waals surface area (Å²) in [4.78, 5) is 13.3. The van der Waals surface area contributed by atoms with Crippen LogP contribution >= 0.6 is 0 Å². The van der Waals surface area contributed by atoms with Crippen LogP contribution < -0.4 is 5.32 Å². The van der Waals surface area contributed by atoms with Crippen LogP contribution in [0.2, 0.25) is 0 Å². The van der Waals surface area contributed by atoms with Crippen LogP contribution in [0.4, 0.5) is 0 Å². The molecule has 4 nitrogen and oxygen atoms in total. The molecule has 1 heterocycles. The summed E-state index contributed by atoms with van der Waals surface area (Å²) in [5.74, 6) is 0.568. The predicted molar refractivity (Wildman–Crippen MR) is 54.9 cm³/mol. The first-order valence-corrected chi connectivity index (χ1v) is 5.30. The molecule has 0 aromatic carbocycles. The molecular formula is C10H20N2O2. The van der Waals surface area contributed by atoms with Crippen molar-refractivity contribution < 1.29 is 9.90 Å². The van der Waals surface area contributed by atoms with Crippen molar-refractivity contribution in [3.8, 4) is 0 Å². The molecule has 14 heavy (non-hydrogen) atoms. The van der Waals surface area contributed by atoms with Gasteiger partial charge in [-0.25, -0.2) is 0 Å². The fourth-order valence-corrected chi connectivity index (χ4v) is 1.85. The van der Waals surface area contributed by atoms with Gasteiger partial charge in [0.05, 0.1) is 0 Å². The Morgan fingerprint density at radius 3 is 3.00 bits per heavy atom. The molecule has 4 heteroatoms. The van der Waals surface area contributed by atoms with Crippen LogP contribution in [0.1, 0.15) is 19.3 Å². The van der Waals surface area contributed by atoms with Crippen molar-refractivity contribution >= 4 is 5.91 Å². The van der Waals surface area contributed by atoms with Crippen LogP contribution in [-0.2, 0) is 4.79 Å². The van der Waals surface area contributed by atoms with Gasteiger partial charge in [-0.2, -0.15) is 0 Å². The highest BCUT2D eigenvalue weighted by Crippen LogP contribution is 2.15. The Bertz CT molecular complexity index is 185. The molecule has 1 atom stereocenters. The van der Waals surface area contributed by atoms with E-state index in [0.717, 1.165) is 32.5 Å². The molecule has 82 valence electrons. The van der Waals surface area contributed by atoms with E-state index in [0.29, 0.717) is 18.9 Å². The molecule has 1 fully saturated rings. The SMILES string of the molecule is CNC(=O)CCCN1CCC(CO)C1. The van der Waals surface area contributed by atoms with Gasteiger partial charge < -0.3 is 15.3 Å². The van der Waals surface area contributed by atoms with Crippen LogP contribution in [0.3, 0.4) is 0 Å². The number of aliphatic hydroxyl groups excluding tert-OH is 1. The van der Waals surface area contributed by atoms with Gasteiger partial charge in [0.25, 0.3) is 0 Å². The van der Waals surface area contributed by atoms with Crippen LogP contribution in [0.5, 0.6) is 0 Å². The highest BCUT2D eigenvalue weighted by Gasteiger charge is 2.20. The molecule has 1 aliphatic rings. The van der Waals surface area contributed by atoms with Crippen molar-refractivity contribution in [3.63, 3.8) is 0 Å². The van der Waals surface area contributed by atoms with Crippen molar-refractivity contribution in [3.05, 3.63) is 0 Å². The van der Waals surface area contributed by atoms with Gasteiger partial charge in [-0.3, -0.25) is 4.79 Å². The zero-order valence-corrected chi connectivity index (χ0v) is 8.83. The number of amides is 1. The maximum absolute atomic E-state index is 10.9. The minimum absolute atomic E-state index is 0.114. The molecule has 1 rings (SSSR count). The highest BCUT2D eigenvalue weighted by atomic mass is 16.3. The molecule has 1 aliphatic heterocycles. The summed E-state index contributed by atoms with van der Waals surface area (Å²) >= 11 is 0. The largest absolute Gasteiger partial charge is 0.396 e. The first-order valence-electron chi connectivity index (χ1n) is 5.30. The van der Waals surface area contributed by atoms with Crippen LogP contribution in [0.25, 0.3) is 0 Å². The van der Waals surface area contributed by atoms with Gasteiger partial charge in [-0.1, -0.05) is 0 Å². The molecule has 0 aromatic heterocycles. The quantitative estimate of drug-likeness (QED) is 0.647. The van der Waals surface area contributed by atoms with Gasteiger partial charge >= 0.3 is 0 Å². The van der Waals surface area contributed by atoms with Crippen molar-refractivity contribution in [1.29, 1.82) is 0 Å². The standard InChI is InChI=1S/C10H20N2O2/c1-11-10(14)3-2-5-12-6-4-9(7-12)8-13/h9,13H,2-8H2,1H3,(H,11,14). The number of carbonyl (C=O) groups is 1. The molecule has 0 radical (unpaired) electrons. The number of nitrogens with zero attached hydrogens (tertiary/aromatic N) is 1. The third kappa shape index (κ3) is 3.64. The fraction of sp³-hybridized carbons (Fsp3) is 0.900. The van der Waals surface area contributed by atoms with E-state index in [-0.39, 0.29) is 5.91 Å². The topological polar surface area (TPSA) is 52.6 Å². The third-order valence-corrected chi connectivity index (χ3v) is 2.79. The van der Waals surface area contributed by atoms with Crippen molar-refractivity contribution in [2.75, 3.05) is 33.3 Å². The van der Waals surface area contributed by atoms with Gasteiger partial charge in [0, 0.05) is 26.6 Å². The van der Waals surface area contributed by atoms with Gasteiger partial charge in [0.1, 0.15) is 0 Å². The smallest absolute Gasteiger partial charge is 0.219 e. The summed E-state index contributed by atoms with van der Waals surface area (Å²) in [5, 5.41) is 11.6. The summed E-state index contributed by atoms with van der Waals surface area (Å²) in [6.07, 6.45) is 2.62. The fourth-order valence-electron chi connectivity index (χ4n) is 1.85. The molecular weight excluding hydrogens is 180 g/mol. The summed E-state index contributed by atoms with van der Waals surface area (Å²) in [6, 6.07) is 0. The van der Waals surface area contributed by atoms with Crippen LogP contribution in [-0.4, -0.2) is 49.2 Å². The molecule has 1 saturated heterocycles. The predicted octanol–water partition coefficient (Wildman–Crippen LogP) is -0.173. The summed E-state index contributed by atoms with van der Waals surface area (Å²) in [7, 11) is 1.67. The zero-order valence-electron chi connectivity index (χ0n) is 8.83. The number of likely N-dealkylation sites (tertiary alicyclic amines) is 1. The lowest BCUT2D eigenvalue weighted by atomic mass is 10.1. The monoisotopic (exact) mass is 200 g/mol. The van der Waals surface area contributed by atoms with E-state index in [1.165, 1.54) is 0 Å². The van der Waals surface area contributed by atoms with Gasteiger partial charge in [0.2, 0.25) is 5.91 Å². The molecule has 0 bridgehead atoms. The van der Waals surface area contributed by atoms with Gasteiger partial charge in [0.15, 0.2) is 0 Å². The third-order valence-electron chi connectivity index (χ3n) is 2.79. The van der Waals surface area contributed by atoms with Gasteiger partial charge in [-0.15, -0.1) is 0 Å². The molecule has 0 spiro atoms. The summed E-state index contributed by atoms with van der Waals surface area (Å²) in [5.41, 5.74) is 0. The van der Waals surface area contributed by atoms with Crippen LogP contribution in [0, 0.1) is 5.92 Å². The Morgan fingerprint density at radius 1 is 1.64 bits per heavy atom. The van der Waals surface area contributed by atoms with E-state index in [1.54, 1.807) is 7.05 Å². The number of rotatable bonds is 5. The lowest BCUT2D eigenvalue weighted by molar-refractivity contribution is -0.120. The molecule has 0 aliphatic carbocycles. The Labute approximate surface area is 85.3 Å². The number of hydrogen-bond donors (Lipinski definition) is 2. The Hall–Kier alpha value is -0.610. The molecule has 1 amide bonds. The first-order chi connectivity index (χ1) is 6.76. The minimum Gasteiger partial charge on any atom is -0.396 e. The number of carbonyl (C=O) groups excluding carboxylic acids is 1. The Balaban J connectivity index is 2.05. The van der Waals surface area contributed by atoms with E-state index in [9.17, 15) is 4.79 Å². The van der Waals surface area contributed by atoms with Crippen molar-refractivity contribution in [2.45, 2.75) is 19.3 Å². The van der Waals surface area contributed by atoms with E-state index in [4.69, 9.17) is 5.11 Å². The average molecular weight is 200 g/mol. The second kappa shape index (κ2) is 5.98. The lowest BCUT2D eigenvalue weighted by Gasteiger charge is -2.14. The van der Waals surface area contributed by atoms with E-state index < -0.39 is 0 Å². The van der Waals surface area contributed by atoms with Gasteiger partial charge in [-0.05, 0) is 31.8 Å². The second-order valence-electron chi connectivity index (χ2n) is 3.91. The number of hydrogen-bond acceptors (Lipinski definition) is 3. The number of aliphatic hydroxyl groups is 1. The minimum atomic E-state index is 0.114. The lowest BCUT2D eigenvalue weighted by Crippen LogP contribution is -2.25. The summed E-state index contributed by atoms with van der Waals surface area (Å²) < 4.78 is 0. The van der Waals surface area contributed by atoms with Crippen molar-refractivity contribution in [2.24, 2.45) is 5.92 Å². The van der Waals surface area contributed by atoms with Crippen molar-refractivity contribution in [1.82, 2.24) is 10.2 Å². The summed E-state index contributed by atoms with van der Waals surface area (Å²) in [6.45, 7) is 3.33. The van der Waals surface area contributed by atoms with E-state index >= 15 is 0 Å². The number of nitrogens with one attached hydrogen (secondary N) is 1. The maximum atomic E-state index is 10.9. The average Bonchev–Trinajstić information content (AvgIpc) is 2.65. The second-order valence-corrected chi connectivity index (χ2v) is 3.91. The Kier molecular flexibility index (Phi) is 4.90. The first kappa shape index (κ1) is 11.5. The van der Waals surface area contributed by atoms with Crippen LogP contribution in [0.15, 0.2) is 0 Å². The molecule has 2 N–H and O–H groups in total. The Morgan fingerprint density at radius 2 is 2.43 bits per heavy atom. The zero-order chi connectivity index (χ0) is 10.4. The molecule has 0 aromatic rings. The normalized spacial score (nSPS) is 22.6. The molecule has 0 saturated carbocycles. The maximum Gasteiger partial charge on any atom is 0.219 e. The van der Waals surface area contributed by atoms with E-state index in [2.05, 4.69) is 10.2 Å².